The molecule has 0 amide bonds. The van der Waals surface area contributed by atoms with Crippen LogP contribution in [-0.4, -0.2) is 18.7 Å². The fraction of sp³-hybridized carbons (Fsp3) is 0.118. The predicted octanol–water partition coefficient (Wildman–Crippen LogP) is 17.0. The van der Waals surface area contributed by atoms with Crippen LogP contribution in [0.25, 0.3) is 99.8 Å². The van der Waals surface area contributed by atoms with Crippen molar-refractivity contribution in [3.8, 4) is 56.6 Å². The molecule has 4 aromatic heterocycles. The molecule has 13 aromatic rings. The number of benzene rings is 9. The largest absolute Gasteiger partial charge is 0.458 e. The van der Waals surface area contributed by atoms with Crippen LogP contribution in [0.3, 0.4) is 0 Å². The van der Waals surface area contributed by atoms with Crippen LogP contribution in [0.5, 0.6) is 11.5 Å². The molecule has 358 valence electrons. The zero-order valence-electron chi connectivity index (χ0n) is 51.7. The molecule has 6 nitrogen and oxygen atoms in total. The Kier molecular flexibility index (Phi) is 8.25. The van der Waals surface area contributed by atoms with Crippen LogP contribution < -0.4 is 9.30 Å². The molecule has 9 aromatic carbocycles. The number of para-hydroxylation sites is 4. The van der Waals surface area contributed by atoms with Gasteiger partial charge in [0.15, 0.2) is 0 Å². The van der Waals surface area contributed by atoms with E-state index in [1.54, 1.807) is 27.3 Å². The number of hydrogen-bond acceptors (Lipinski definition) is 2. The molecule has 0 aliphatic heterocycles. The van der Waals surface area contributed by atoms with Gasteiger partial charge >= 0.3 is 0 Å². The summed E-state index contributed by atoms with van der Waals surface area (Å²) in [6, 6.07) is 46.7. The molecule has 0 atom stereocenters. The average molecular weight is 968 g/mol. The molecular formula is C68H55N5O. The van der Waals surface area contributed by atoms with Crippen molar-refractivity contribution < 1.29 is 23.0 Å². The summed E-state index contributed by atoms with van der Waals surface area (Å²) in [5.74, 6) is 1.80. The average Bonchev–Trinajstić information content (AvgIpc) is 1.82. The van der Waals surface area contributed by atoms with Gasteiger partial charge in [-0.1, -0.05) is 181 Å². The molecule has 6 heteroatoms. The van der Waals surface area contributed by atoms with Gasteiger partial charge in [0.25, 0.3) is 6.33 Å². The van der Waals surface area contributed by atoms with Crippen LogP contribution in [0, 0.1) is 6.33 Å². The van der Waals surface area contributed by atoms with Crippen molar-refractivity contribution in [3.63, 3.8) is 0 Å². The summed E-state index contributed by atoms with van der Waals surface area (Å²) < 4.78 is 102. The predicted molar refractivity (Wildman–Crippen MR) is 305 cm³/mol. The van der Waals surface area contributed by atoms with E-state index in [-0.39, 0.29) is 38.8 Å². The van der Waals surface area contributed by atoms with Crippen molar-refractivity contribution in [2.24, 2.45) is 0 Å². The SMILES string of the molecule is [2H]c1c([2H])c([2H])c(-c2cccc(-c3c([2H])c([2H])c([2H])c([2H])c3[2H])c2-[n+]2[c-]n(-c3cccc(Oc4ccc5c6ccccc6n(-c6cc(-n7c8ccc(C(C)(C)C)cc8c8cc(C(C)(C)C)ccc87)ccn6)c5c4)c3)c3ccccc32)c([2H])c1[2H]. The van der Waals surface area contributed by atoms with Crippen molar-refractivity contribution in [3.05, 3.63) is 242 Å². The Labute approximate surface area is 445 Å². The third-order valence-electron chi connectivity index (χ3n) is 14.0. The van der Waals surface area contributed by atoms with E-state index in [1.807, 2.05) is 79.0 Å². The molecule has 74 heavy (non-hydrogen) atoms. The lowest BCUT2D eigenvalue weighted by Gasteiger charge is -2.19. The van der Waals surface area contributed by atoms with Gasteiger partial charge in [-0.25, -0.2) is 4.98 Å². The van der Waals surface area contributed by atoms with E-state index in [2.05, 4.69) is 124 Å². The van der Waals surface area contributed by atoms with Gasteiger partial charge in [0.2, 0.25) is 0 Å². The molecule has 0 saturated heterocycles. The Hall–Kier alpha value is -9.00. The number of pyridine rings is 1. The zero-order chi connectivity index (χ0) is 59.0. The van der Waals surface area contributed by atoms with E-state index in [9.17, 15) is 0 Å². The summed E-state index contributed by atoms with van der Waals surface area (Å²) in [6.45, 7) is 13.5. The van der Waals surface area contributed by atoms with Gasteiger partial charge in [-0.2, -0.15) is 0 Å². The quantitative estimate of drug-likeness (QED) is 0.112. The molecule has 0 spiro atoms. The maximum Gasteiger partial charge on any atom is 0.269 e. The number of aromatic nitrogens is 5. The molecule has 4 heterocycles. The first-order valence-electron chi connectivity index (χ1n) is 29.7. The number of fused-ring (bicyclic) bond motifs is 7. The monoisotopic (exact) mass is 968 g/mol. The van der Waals surface area contributed by atoms with Crippen molar-refractivity contribution >= 4 is 54.6 Å². The van der Waals surface area contributed by atoms with Crippen LogP contribution >= 0.6 is 0 Å². The van der Waals surface area contributed by atoms with Crippen molar-refractivity contribution in [2.75, 3.05) is 0 Å². The molecule has 0 unspecified atom stereocenters. The van der Waals surface area contributed by atoms with Crippen LogP contribution in [0.1, 0.15) is 66.4 Å². The summed E-state index contributed by atoms with van der Waals surface area (Å²) in [7, 11) is 0. The highest BCUT2D eigenvalue weighted by molar-refractivity contribution is 6.11. The highest BCUT2D eigenvalue weighted by atomic mass is 16.5. The van der Waals surface area contributed by atoms with E-state index < -0.39 is 60.4 Å². The molecule has 0 N–H and O–H groups in total. The second-order valence-corrected chi connectivity index (χ2v) is 20.8. The molecule has 0 fully saturated rings. The minimum atomic E-state index is -0.569. The van der Waals surface area contributed by atoms with E-state index in [4.69, 9.17) is 23.4 Å². The number of rotatable bonds is 8. The molecular weight excluding hydrogens is 903 g/mol. The van der Waals surface area contributed by atoms with E-state index >= 15 is 0 Å². The summed E-state index contributed by atoms with van der Waals surface area (Å²) in [6.07, 6.45) is 5.34. The highest BCUT2D eigenvalue weighted by Crippen LogP contribution is 2.40. The maximum atomic E-state index is 9.08. The molecule has 0 saturated carbocycles. The van der Waals surface area contributed by atoms with Crippen molar-refractivity contribution in [2.45, 2.75) is 52.4 Å². The Balaban J connectivity index is 0.936. The van der Waals surface area contributed by atoms with Crippen molar-refractivity contribution in [1.82, 2.24) is 18.7 Å². The summed E-state index contributed by atoms with van der Waals surface area (Å²) in [5, 5.41) is 4.47. The number of hydrogen-bond donors (Lipinski definition) is 0. The van der Waals surface area contributed by atoms with Gasteiger partial charge < -0.3 is 9.30 Å². The van der Waals surface area contributed by atoms with Gasteiger partial charge in [-0.3, -0.25) is 13.7 Å². The van der Waals surface area contributed by atoms with Gasteiger partial charge in [0.1, 0.15) is 17.3 Å². The number of nitrogens with zero attached hydrogens (tertiary/aromatic N) is 5. The molecule has 0 aliphatic carbocycles. The third kappa shape index (κ3) is 7.64. The first-order chi connectivity index (χ1) is 40.1. The fourth-order valence-corrected chi connectivity index (χ4v) is 10.4. The van der Waals surface area contributed by atoms with Crippen LogP contribution in [0.15, 0.2) is 224 Å². The minimum Gasteiger partial charge on any atom is -0.458 e. The second kappa shape index (κ2) is 17.3. The second-order valence-electron chi connectivity index (χ2n) is 20.8. The van der Waals surface area contributed by atoms with E-state index in [1.165, 1.54) is 21.9 Å². The molecule has 0 bridgehead atoms. The van der Waals surface area contributed by atoms with Crippen LogP contribution in [-0.2, 0) is 10.8 Å². The standard InChI is InChI=1S/C68H55N5O/c1-67(2,3)47-31-35-60-57(39-47)58-40-48(68(4,5)6)32-36-61(58)72(60)50-37-38-69-65(42-50)73-59-28-14-13-25-55(59)56-34-33-52(43-64(56)73)74-51-24-17-23-49(41-51)70-44-71(63-30-16-15-29-62(63)70)66-53(45-19-9-7-10-20-45)26-18-27-54(66)46-21-11-8-12-22-46/h7-43H,1-6H3/i7D,8D,9D,10D,11D,12D,19D,20D,21D,22D. The third-order valence-corrected chi connectivity index (χ3v) is 14.0. The Morgan fingerprint density at radius 3 is 1.72 bits per heavy atom. The van der Waals surface area contributed by atoms with E-state index in [0.29, 0.717) is 28.2 Å². The topological polar surface area (TPSA) is 40.8 Å². The lowest BCUT2D eigenvalue weighted by molar-refractivity contribution is -0.571. The first-order valence-corrected chi connectivity index (χ1v) is 24.7. The summed E-state index contributed by atoms with van der Waals surface area (Å²) >= 11 is 0. The number of ether oxygens (including phenoxy) is 1. The smallest absolute Gasteiger partial charge is 0.269 e. The molecule has 0 aliphatic rings. The fourth-order valence-electron chi connectivity index (χ4n) is 10.4. The van der Waals surface area contributed by atoms with Crippen molar-refractivity contribution in [1.29, 1.82) is 0 Å². The Bertz CT molecular complexity index is 4710. The van der Waals surface area contributed by atoms with Gasteiger partial charge in [0.05, 0.1) is 63.9 Å². The van der Waals surface area contributed by atoms with E-state index in [0.717, 1.165) is 44.3 Å². The molecule has 0 radical (unpaired) electrons. The van der Waals surface area contributed by atoms with Crippen LogP contribution in [0.2, 0.25) is 0 Å². The minimum absolute atomic E-state index is 0.0379. The lowest BCUT2D eigenvalue weighted by atomic mass is 9.85. The Morgan fingerprint density at radius 2 is 1.05 bits per heavy atom. The van der Waals surface area contributed by atoms with Crippen LogP contribution in [0.4, 0.5) is 0 Å². The first kappa shape index (κ1) is 35.2. The van der Waals surface area contributed by atoms with Gasteiger partial charge in [-0.05, 0) is 111 Å². The number of imidazole rings is 1. The maximum absolute atomic E-state index is 9.08. The van der Waals surface area contributed by atoms with Gasteiger partial charge in [-0.15, -0.1) is 0 Å². The summed E-state index contributed by atoms with van der Waals surface area (Å²) in [4.78, 5) is 5.05. The zero-order valence-corrected chi connectivity index (χ0v) is 41.7. The Morgan fingerprint density at radius 1 is 0.473 bits per heavy atom. The van der Waals surface area contributed by atoms with Gasteiger partial charge in [0, 0.05) is 39.9 Å². The lowest BCUT2D eigenvalue weighted by Crippen LogP contribution is -2.31. The highest BCUT2D eigenvalue weighted by Gasteiger charge is 2.24. The molecule has 13 rings (SSSR count). The normalized spacial score (nSPS) is 14.1. The summed E-state index contributed by atoms with van der Waals surface area (Å²) in [5.41, 5.74) is 9.57.